The van der Waals surface area contributed by atoms with Crippen LogP contribution in [-0.2, 0) is 4.79 Å². The van der Waals surface area contributed by atoms with E-state index in [0.717, 1.165) is 13.0 Å². The van der Waals surface area contributed by atoms with Gasteiger partial charge in [-0.15, -0.1) is 0 Å². The van der Waals surface area contributed by atoms with E-state index >= 15 is 0 Å². The Hall–Kier alpha value is -0.530. The van der Waals surface area contributed by atoms with Gasteiger partial charge in [0.1, 0.15) is 0 Å². The second kappa shape index (κ2) is 13.5. The maximum Gasteiger partial charge on any atom is 0.228 e. The zero-order chi connectivity index (χ0) is 11.2. The highest BCUT2D eigenvalue weighted by molar-refractivity contribution is 5.45. The van der Waals surface area contributed by atoms with E-state index in [1.807, 2.05) is 0 Å². The third kappa shape index (κ3) is 13.5. The molecule has 0 aliphatic rings. The van der Waals surface area contributed by atoms with Crippen molar-refractivity contribution < 1.29 is 4.79 Å². The molecule has 0 atom stereocenters. The Labute approximate surface area is 94.8 Å². The molecule has 0 N–H and O–H groups in total. The van der Waals surface area contributed by atoms with Crippen LogP contribution in [0.3, 0.4) is 0 Å². The van der Waals surface area contributed by atoms with Gasteiger partial charge < -0.3 is 0 Å². The van der Waals surface area contributed by atoms with Gasteiger partial charge in [0.2, 0.25) is 6.41 Å². The second-order valence-electron chi connectivity index (χ2n) is 4.19. The summed E-state index contributed by atoms with van der Waals surface area (Å²) in [7, 11) is 0. The highest BCUT2D eigenvalue weighted by Gasteiger charge is 1.92. The van der Waals surface area contributed by atoms with Crippen LogP contribution in [0.25, 0.3) is 0 Å². The summed E-state index contributed by atoms with van der Waals surface area (Å²) in [5.41, 5.74) is 0. The van der Waals surface area contributed by atoms with Crippen molar-refractivity contribution in [3.63, 3.8) is 0 Å². The maximum absolute atomic E-state index is 9.90. The highest BCUT2D eigenvalue weighted by Crippen LogP contribution is 2.10. The summed E-state index contributed by atoms with van der Waals surface area (Å²) in [6.45, 7) is 2.98. The molecular weight excluding hydrogens is 186 g/mol. The van der Waals surface area contributed by atoms with E-state index in [4.69, 9.17) is 0 Å². The van der Waals surface area contributed by atoms with E-state index in [1.54, 1.807) is 0 Å². The fraction of sp³-hybridized carbons (Fsp3) is 0.923. The van der Waals surface area contributed by atoms with Crippen molar-refractivity contribution in [3.8, 4) is 0 Å². The van der Waals surface area contributed by atoms with Gasteiger partial charge in [0.25, 0.3) is 0 Å². The normalized spacial score (nSPS) is 10.2. The molecule has 0 unspecified atom stereocenters. The molecule has 0 fully saturated rings. The van der Waals surface area contributed by atoms with Gasteiger partial charge in [0.05, 0.1) is 0 Å². The molecule has 1 radical (unpaired) electrons. The van der Waals surface area contributed by atoms with Crippen molar-refractivity contribution in [1.82, 2.24) is 5.32 Å². The van der Waals surface area contributed by atoms with Gasteiger partial charge in [-0.1, -0.05) is 64.7 Å². The van der Waals surface area contributed by atoms with E-state index in [1.165, 1.54) is 57.8 Å². The summed E-state index contributed by atoms with van der Waals surface area (Å²) < 4.78 is 0. The Bertz CT molecular complexity index is 126. The third-order valence-electron chi connectivity index (χ3n) is 2.72. The Kier molecular flexibility index (Phi) is 13.0. The predicted molar refractivity (Wildman–Crippen MR) is 64.9 cm³/mol. The lowest BCUT2D eigenvalue weighted by Crippen LogP contribution is -2.02. The minimum atomic E-state index is 0.660. The molecule has 0 heterocycles. The fourth-order valence-corrected chi connectivity index (χ4v) is 1.74. The van der Waals surface area contributed by atoms with E-state index < -0.39 is 0 Å². The van der Waals surface area contributed by atoms with Crippen LogP contribution < -0.4 is 5.32 Å². The predicted octanol–water partition coefficient (Wildman–Crippen LogP) is 3.67. The molecule has 0 bridgehead atoms. The smallest absolute Gasteiger partial charge is 0.228 e. The summed E-state index contributed by atoms with van der Waals surface area (Å²) >= 11 is 0. The van der Waals surface area contributed by atoms with Crippen LogP contribution in [0.1, 0.15) is 71.1 Å². The lowest BCUT2D eigenvalue weighted by Gasteiger charge is -2.01. The molecule has 2 heteroatoms. The number of unbranched alkanes of at least 4 members (excludes halogenated alkanes) is 9. The molecule has 89 valence electrons. The van der Waals surface area contributed by atoms with Crippen molar-refractivity contribution in [2.75, 3.05) is 6.54 Å². The van der Waals surface area contributed by atoms with Gasteiger partial charge in [-0.3, -0.25) is 10.1 Å². The van der Waals surface area contributed by atoms with E-state index in [9.17, 15) is 4.79 Å². The molecule has 0 saturated heterocycles. The molecule has 0 spiro atoms. The number of carbonyl (C=O) groups is 1. The Morgan fingerprint density at radius 3 is 1.73 bits per heavy atom. The number of nitrogens with zero attached hydrogens (tertiary/aromatic N) is 1. The Morgan fingerprint density at radius 1 is 0.800 bits per heavy atom. The molecule has 0 saturated carbocycles. The molecule has 0 aromatic rings. The van der Waals surface area contributed by atoms with Crippen molar-refractivity contribution in [2.45, 2.75) is 71.1 Å². The van der Waals surface area contributed by atoms with Crippen LogP contribution >= 0.6 is 0 Å². The second-order valence-corrected chi connectivity index (χ2v) is 4.19. The van der Waals surface area contributed by atoms with Crippen LogP contribution in [0.4, 0.5) is 0 Å². The molecule has 1 amide bonds. The largest absolute Gasteiger partial charge is 0.277 e. The molecule has 0 rings (SSSR count). The lowest BCUT2D eigenvalue weighted by molar-refractivity contribution is -0.109. The number of carbonyl (C=O) groups excluding carboxylic acids is 1. The molecule has 0 aromatic carbocycles. The molecule has 15 heavy (non-hydrogen) atoms. The molecular formula is C13H26NO. The van der Waals surface area contributed by atoms with Gasteiger partial charge in [0.15, 0.2) is 0 Å². The molecule has 0 aromatic heterocycles. The Morgan fingerprint density at radius 2 is 1.27 bits per heavy atom. The number of hydrogen-bond donors (Lipinski definition) is 0. The first-order chi connectivity index (χ1) is 7.41. The van der Waals surface area contributed by atoms with Crippen molar-refractivity contribution in [1.29, 1.82) is 0 Å². The lowest BCUT2D eigenvalue weighted by atomic mass is 10.1. The first-order valence-corrected chi connectivity index (χ1v) is 6.52. The molecule has 0 aliphatic carbocycles. The van der Waals surface area contributed by atoms with Crippen LogP contribution in [0, 0.1) is 0 Å². The zero-order valence-corrected chi connectivity index (χ0v) is 10.2. The van der Waals surface area contributed by atoms with Gasteiger partial charge in [-0.2, -0.15) is 0 Å². The standard InChI is InChI=1S/C13H26NO/c1-2-3-4-5-6-7-8-9-10-11-12-14-13-15/h13H,2-12H2,1H3. The fourth-order valence-electron chi connectivity index (χ4n) is 1.74. The van der Waals surface area contributed by atoms with Crippen molar-refractivity contribution >= 4 is 6.41 Å². The monoisotopic (exact) mass is 212 g/mol. The number of rotatable bonds is 12. The Balaban J connectivity index is 2.83. The van der Waals surface area contributed by atoms with Crippen LogP contribution in [-0.4, -0.2) is 13.0 Å². The van der Waals surface area contributed by atoms with E-state index in [-0.39, 0.29) is 0 Å². The summed E-state index contributed by atoms with van der Waals surface area (Å²) in [4.78, 5) is 9.90. The number of amides is 1. The van der Waals surface area contributed by atoms with Gasteiger partial charge in [0, 0.05) is 6.54 Å². The first kappa shape index (κ1) is 14.5. The topological polar surface area (TPSA) is 31.2 Å². The van der Waals surface area contributed by atoms with Crippen LogP contribution in [0.5, 0.6) is 0 Å². The molecule has 0 aliphatic heterocycles. The number of hydrogen-bond acceptors (Lipinski definition) is 1. The van der Waals surface area contributed by atoms with Gasteiger partial charge in [-0.05, 0) is 6.42 Å². The highest BCUT2D eigenvalue weighted by atomic mass is 16.1. The molecule has 2 nitrogen and oxygen atoms in total. The maximum atomic E-state index is 9.90. The summed E-state index contributed by atoms with van der Waals surface area (Å²) in [5.74, 6) is 0. The van der Waals surface area contributed by atoms with Gasteiger partial charge >= 0.3 is 0 Å². The average molecular weight is 212 g/mol. The minimum Gasteiger partial charge on any atom is -0.277 e. The van der Waals surface area contributed by atoms with Gasteiger partial charge in [-0.25, -0.2) is 0 Å². The quantitative estimate of drug-likeness (QED) is 0.359. The van der Waals surface area contributed by atoms with Crippen LogP contribution in [0.2, 0.25) is 0 Å². The first-order valence-electron chi connectivity index (χ1n) is 6.52. The SMILES string of the molecule is CCCCCCCCCCCC[N]C=O. The van der Waals surface area contributed by atoms with E-state index in [2.05, 4.69) is 12.2 Å². The minimum absolute atomic E-state index is 0.660. The summed E-state index contributed by atoms with van der Waals surface area (Å²) in [6, 6.07) is 0. The average Bonchev–Trinajstić information content (AvgIpc) is 2.26. The summed E-state index contributed by atoms with van der Waals surface area (Å²) in [5, 5.41) is 3.66. The third-order valence-corrected chi connectivity index (χ3v) is 2.72. The van der Waals surface area contributed by atoms with Crippen LogP contribution in [0.15, 0.2) is 0 Å². The van der Waals surface area contributed by atoms with Crippen molar-refractivity contribution in [2.24, 2.45) is 0 Å². The van der Waals surface area contributed by atoms with Crippen molar-refractivity contribution in [3.05, 3.63) is 0 Å². The summed E-state index contributed by atoms with van der Waals surface area (Å²) in [6.07, 6.45) is 14.0. The zero-order valence-electron chi connectivity index (χ0n) is 10.2. The van der Waals surface area contributed by atoms with E-state index in [0.29, 0.717) is 6.41 Å².